The van der Waals surface area contributed by atoms with Gasteiger partial charge in [-0.3, -0.25) is 35.2 Å². The first kappa shape index (κ1) is 118. The molecule has 1 saturated heterocycles. The summed E-state index contributed by atoms with van der Waals surface area (Å²) in [6.45, 7) is 30.8. The molecule has 1 aliphatic rings. The summed E-state index contributed by atoms with van der Waals surface area (Å²) < 4.78 is 174. The van der Waals surface area contributed by atoms with Gasteiger partial charge in [-0.2, -0.15) is 4.99 Å². The van der Waals surface area contributed by atoms with Crippen LogP contribution in [-0.2, 0) is 71.7 Å². The Balaban J connectivity index is 0.000000229. The normalized spacial score (nSPS) is 12.3. The second-order valence-corrected chi connectivity index (χ2v) is 42.3. The van der Waals surface area contributed by atoms with Crippen molar-refractivity contribution in [1.82, 2.24) is 39.3 Å². The Kier molecular flexibility index (Phi) is 42.3. The van der Waals surface area contributed by atoms with E-state index >= 15 is 8.78 Å². The van der Waals surface area contributed by atoms with Crippen LogP contribution >= 0.6 is 70.1 Å². The molecule has 9 aromatic carbocycles. The van der Waals surface area contributed by atoms with Crippen molar-refractivity contribution in [2.75, 3.05) is 41.2 Å². The maximum absolute atomic E-state index is 15.6. The second-order valence-electron chi connectivity index (χ2n) is 38.2. The van der Waals surface area contributed by atoms with E-state index < -0.39 is 92.0 Å². The topological polar surface area (TPSA) is 300 Å². The number of aryl methyl sites for hydroxylation is 3. The third-order valence-electron chi connectivity index (χ3n) is 22.4. The largest absolute Gasteiger partial charge is 0.495 e. The van der Waals surface area contributed by atoms with Crippen LogP contribution in [0.15, 0.2) is 203 Å². The van der Waals surface area contributed by atoms with Gasteiger partial charge in [0.1, 0.15) is 92.2 Å². The Hall–Kier alpha value is -12.0. The first-order valence-electron chi connectivity index (χ1n) is 46.3. The molecule has 146 heavy (non-hydrogen) atoms. The number of imidazole rings is 3. The molecule has 0 bridgehead atoms. The van der Waals surface area contributed by atoms with Gasteiger partial charge in [0.25, 0.3) is 0 Å². The lowest BCUT2D eigenvalue weighted by atomic mass is 9.81. The number of methoxy groups -OCH3 is 3. The van der Waals surface area contributed by atoms with E-state index in [0.29, 0.717) is 88.8 Å². The number of hydrogen-bond acceptors (Lipinski definition) is 19. The number of aromatic nitrogens is 6. The number of amides is 3. The molecule has 38 heteroatoms. The molecular formula is C108H122Cl3F9N12O11S3. The average Bonchev–Trinajstić information content (AvgIpc) is 1.59. The van der Waals surface area contributed by atoms with Crippen molar-refractivity contribution in [3.63, 3.8) is 0 Å². The summed E-state index contributed by atoms with van der Waals surface area (Å²) in [5.41, 5.74) is 9.15. The number of nitrogens with one attached hydrogen (secondary N) is 4. The fourth-order valence-electron chi connectivity index (χ4n) is 14.7. The molecule has 4 heterocycles. The van der Waals surface area contributed by atoms with Gasteiger partial charge in [-0.05, 0) is 287 Å². The smallest absolute Gasteiger partial charge is 0.435 e. The molecule has 23 nitrogen and oxygen atoms in total. The minimum absolute atomic E-state index is 0.00475. The van der Waals surface area contributed by atoms with Crippen molar-refractivity contribution in [3.8, 4) is 34.3 Å². The van der Waals surface area contributed by atoms with Gasteiger partial charge >= 0.3 is 18.3 Å². The van der Waals surface area contributed by atoms with Crippen LogP contribution in [0.5, 0.6) is 17.2 Å². The van der Waals surface area contributed by atoms with Gasteiger partial charge in [-0.1, -0.05) is 130 Å². The van der Waals surface area contributed by atoms with E-state index in [1.807, 2.05) is 91.6 Å². The number of ether oxygens (including phenoxy) is 7. The number of alkyl carbamates (subject to hydrolysis) is 2. The van der Waals surface area contributed by atoms with Gasteiger partial charge < -0.3 is 44.0 Å². The van der Waals surface area contributed by atoms with Crippen molar-refractivity contribution >= 4 is 106 Å². The highest BCUT2D eigenvalue weighted by Gasteiger charge is 2.36. The zero-order valence-corrected chi connectivity index (χ0v) is 89.4. The number of aliphatic imine (C=N–C) groups is 1. The van der Waals surface area contributed by atoms with E-state index in [0.717, 1.165) is 58.7 Å². The molecule has 782 valence electrons. The van der Waals surface area contributed by atoms with Crippen LogP contribution in [0.3, 0.4) is 0 Å². The van der Waals surface area contributed by atoms with Crippen molar-refractivity contribution in [3.05, 3.63) is 317 Å². The molecule has 1 fully saturated rings. The van der Waals surface area contributed by atoms with E-state index in [-0.39, 0.29) is 101 Å². The zero-order valence-electron chi connectivity index (χ0n) is 84.7. The van der Waals surface area contributed by atoms with Crippen molar-refractivity contribution < 1.29 is 92.2 Å². The van der Waals surface area contributed by atoms with E-state index in [2.05, 4.69) is 30.6 Å². The van der Waals surface area contributed by atoms with Gasteiger partial charge in [0.05, 0.1) is 83.7 Å². The van der Waals surface area contributed by atoms with Crippen LogP contribution in [0.2, 0.25) is 15.1 Å². The highest BCUT2D eigenvalue weighted by molar-refractivity contribution is 7.98. The third-order valence-corrected chi connectivity index (χ3v) is 26.2. The number of nitrogens with two attached hydrogens (primary N) is 1. The van der Waals surface area contributed by atoms with Gasteiger partial charge in [-0.25, -0.2) is 68.8 Å². The van der Waals surface area contributed by atoms with Crippen molar-refractivity contribution in [2.45, 2.75) is 228 Å². The molecule has 1 aliphatic heterocycles. The standard InChI is InChI=1S/C39H44ClF3N4O5S.C29H28ClF3N4OS.C29H28ClF3N2O2S.C7H14N2O2.C4H8O/c1-37(2,3)51-35(48)45-33(46-36(49)52-38(4,5)6)17-10-23-18-29(42)27(30(43)19-23)22-53-34-44-21-32(47(34)26-14-12-25(41)13-15-26)39(7,8)24-11-16-28(40)31(20-24)50-9;1-29(2,18-5-10-22(30)25(14-18)38-3)26-15-36-28(37(26)20-8-6-19(31)7-9-20)39-16-21-23(32)12-17(13-24(21)33)4-11-27(34)35;1-29(2,19-6-11-23(30)26(15-19)37-3)27-16-34-28(35(27)21-9-7-20(31)8-10-21)38-17-22-24(32)13-18(5-4-12-36)14-25(22)33;1-5(8)9-6(10)11-7(2,3)4;1-2-4-5-3-1/h11-16,18-21H,10,17,22H2,1-9H3,(H,45,46,48,49);5-10,12-15H,4,11,16H2,1-3H3,(H3,34,35);6-11,13-16,36H,4-5,12,17H2,1-3H3;1-4H3,(H2,8,9,10);1-4H2. The average molecular weight is 2140 g/mol. The molecule has 0 unspecified atom stereocenters. The quantitative estimate of drug-likeness (QED) is 0.00801. The maximum Gasteiger partial charge on any atom is 0.435 e. The van der Waals surface area contributed by atoms with Crippen LogP contribution in [0.25, 0.3) is 17.1 Å². The molecule has 0 atom stereocenters. The molecule has 3 aromatic heterocycles. The van der Waals surface area contributed by atoms with E-state index in [9.17, 15) is 45.1 Å². The number of aliphatic hydroxyl groups is 1. The highest BCUT2D eigenvalue weighted by Crippen LogP contribution is 2.45. The number of nitrogens with zero attached hydrogens (tertiary/aromatic N) is 7. The lowest BCUT2D eigenvalue weighted by molar-refractivity contribution is 0.0547. The number of rotatable bonds is 30. The lowest BCUT2D eigenvalue weighted by Gasteiger charge is -2.28. The number of carbonyl (C=O) groups is 3. The van der Waals surface area contributed by atoms with Gasteiger partial charge in [0, 0.05) is 99.9 Å². The van der Waals surface area contributed by atoms with Crippen LogP contribution in [0, 0.1) is 63.2 Å². The van der Waals surface area contributed by atoms with Crippen molar-refractivity contribution in [1.29, 1.82) is 10.8 Å². The number of halogens is 12. The lowest BCUT2D eigenvalue weighted by Crippen LogP contribution is -2.37. The predicted octanol–water partition coefficient (Wildman–Crippen LogP) is 27.6. The van der Waals surface area contributed by atoms with Gasteiger partial charge in [-0.15, -0.1) is 0 Å². The Labute approximate surface area is 873 Å². The third kappa shape index (κ3) is 33.8. The van der Waals surface area contributed by atoms with Gasteiger partial charge in [0.15, 0.2) is 15.5 Å². The number of amidine groups is 3. The molecule has 7 N–H and O–H groups in total. The summed E-state index contributed by atoms with van der Waals surface area (Å²) in [7, 11) is 4.62. The SMILES string of the molecule is C1CCOC1.CC(=N)NC(=O)OC(C)(C)C.COc1cc(C(C)(C)c2cnc(SCc3c(F)cc(CCC(=N)N)cc3F)n2-c2ccc(F)cc2)ccc1Cl.COc1cc(C(C)(C)c2cnc(SCc3c(F)cc(CCC(=NC(=O)OC(C)(C)C)NC(=O)OC(C)(C)C)cc3F)n2-c2ccc(F)cc2)ccc1Cl.COc1cc(C(C)(C)c2cnc(SCc3c(F)cc(CCCO)cc3F)n2-c2ccc(F)cc2)ccc1Cl. The predicted molar refractivity (Wildman–Crippen MR) is 559 cm³/mol. The first-order chi connectivity index (χ1) is 68.6. The fourth-order valence-corrected chi connectivity index (χ4v) is 18.3. The van der Waals surface area contributed by atoms with Gasteiger partial charge in [0.2, 0.25) is 0 Å². The number of thioether (sulfide) groups is 3. The molecule has 13 rings (SSSR count). The van der Waals surface area contributed by atoms with Crippen LogP contribution in [0.4, 0.5) is 53.9 Å². The van der Waals surface area contributed by atoms with Crippen LogP contribution in [-0.4, -0.2) is 127 Å². The fraction of sp³-hybridized carbons (Fsp3) is 0.361. The monoisotopic (exact) mass is 2130 g/mol. The summed E-state index contributed by atoms with van der Waals surface area (Å²) in [6, 6.07) is 41.9. The summed E-state index contributed by atoms with van der Waals surface area (Å²) in [5.74, 6) is -3.98. The number of benzene rings is 9. The summed E-state index contributed by atoms with van der Waals surface area (Å²) in [4.78, 5) is 53.4. The summed E-state index contributed by atoms with van der Waals surface area (Å²) in [5, 5.41) is 30.8. The van der Waals surface area contributed by atoms with Crippen LogP contribution < -0.4 is 30.6 Å². The Morgan fingerprint density at radius 2 is 0.733 bits per heavy atom. The molecule has 0 radical (unpaired) electrons. The molecule has 0 saturated carbocycles. The second kappa shape index (κ2) is 52.6. The minimum Gasteiger partial charge on any atom is -0.495 e. The summed E-state index contributed by atoms with van der Waals surface area (Å²) in [6.07, 6.45) is 6.60. The summed E-state index contributed by atoms with van der Waals surface area (Å²) >= 11 is 22.3. The molecule has 12 aromatic rings. The van der Waals surface area contributed by atoms with Crippen LogP contribution in [0.1, 0.15) is 210 Å². The Morgan fingerprint density at radius 1 is 0.438 bits per heavy atom. The first-order valence-corrected chi connectivity index (χ1v) is 50.4. The Bertz CT molecular complexity index is 6490. The molecule has 0 spiro atoms. The maximum atomic E-state index is 15.6. The number of aliphatic hydroxyl groups excluding tert-OH is 1. The molecule has 3 amide bonds. The van der Waals surface area contributed by atoms with E-state index in [1.54, 1.807) is 150 Å². The minimum atomic E-state index is -0.938. The molecular weight excluding hydrogens is 2010 g/mol. The van der Waals surface area contributed by atoms with E-state index in [4.69, 9.17) is 89.6 Å². The molecule has 0 aliphatic carbocycles. The highest BCUT2D eigenvalue weighted by atomic mass is 35.5. The van der Waals surface area contributed by atoms with Crippen molar-refractivity contribution in [2.24, 2.45) is 10.7 Å². The number of hydrogen-bond donors (Lipinski definition) is 6. The van der Waals surface area contributed by atoms with E-state index in [1.165, 1.54) is 123 Å². The Morgan fingerprint density at radius 3 is 1.00 bits per heavy atom. The zero-order chi connectivity index (χ0) is 108. The number of carbonyl (C=O) groups excluding carboxylic acids is 3.